The number of anilines is 1. The second-order valence-corrected chi connectivity index (χ2v) is 3.18. The van der Waals surface area contributed by atoms with Gasteiger partial charge in [0.2, 0.25) is 0 Å². The molecule has 2 aromatic rings. The number of nitrogen functional groups attached to an aromatic ring is 1. The molecule has 0 bridgehead atoms. The van der Waals surface area contributed by atoms with Crippen LogP contribution in [0.25, 0.3) is 11.3 Å². The lowest BCUT2D eigenvalue weighted by molar-refractivity contribution is 1.28. The quantitative estimate of drug-likeness (QED) is 0.728. The van der Waals surface area contributed by atoms with Gasteiger partial charge < -0.3 is 5.73 Å². The normalized spacial score (nSPS) is 10.1. The Kier molecular flexibility index (Phi) is 2.33. The largest absolute Gasteiger partial charge is 0.396 e. The summed E-state index contributed by atoms with van der Waals surface area (Å²) >= 11 is 5.81. The molecule has 0 aliphatic carbocycles. The van der Waals surface area contributed by atoms with Crippen LogP contribution in [0.4, 0.5) is 5.69 Å². The van der Waals surface area contributed by atoms with E-state index in [0.717, 1.165) is 11.3 Å². The second kappa shape index (κ2) is 3.64. The molecular formula is C10H8ClN3. The summed E-state index contributed by atoms with van der Waals surface area (Å²) in [5, 5.41) is 0.325. The van der Waals surface area contributed by atoms with Crippen molar-refractivity contribution in [3.05, 3.63) is 41.8 Å². The summed E-state index contributed by atoms with van der Waals surface area (Å²) in [5.41, 5.74) is 7.74. The summed E-state index contributed by atoms with van der Waals surface area (Å²) < 4.78 is 0. The topological polar surface area (TPSA) is 51.8 Å². The summed E-state index contributed by atoms with van der Waals surface area (Å²) in [6.07, 6.45) is 3.44. The van der Waals surface area contributed by atoms with Crippen LogP contribution in [0.2, 0.25) is 5.15 Å². The molecular weight excluding hydrogens is 198 g/mol. The Morgan fingerprint density at radius 1 is 1.21 bits per heavy atom. The predicted octanol–water partition coefficient (Wildman–Crippen LogP) is 2.38. The number of nitrogens with two attached hydrogens (primary N) is 1. The van der Waals surface area contributed by atoms with Gasteiger partial charge in [-0.15, -0.1) is 0 Å². The maximum absolute atomic E-state index is 5.81. The third-order valence-electron chi connectivity index (χ3n) is 1.83. The fourth-order valence-electron chi connectivity index (χ4n) is 1.12. The van der Waals surface area contributed by atoms with E-state index >= 15 is 0 Å². The molecule has 0 aliphatic rings. The number of hydrogen-bond donors (Lipinski definition) is 1. The smallest absolute Gasteiger partial charge is 0.152 e. The minimum absolute atomic E-state index is 0.325. The van der Waals surface area contributed by atoms with Gasteiger partial charge in [0.15, 0.2) is 5.15 Å². The SMILES string of the molecule is Nc1ccc(-c2cccnc2)nc1Cl. The summed E-state index contributed by atoms with van der Waals surface area (Å²) in [4.78, 5) is 8.14. The van der Waals surface area contributed by atoms with Gasteiger partial charge >= 0.3 is 0 Å². The molecule has 4 heteroatoms. The summed E-state index contributed by atoms with van der Waals surface area (Å²) in [5.74, 6) is 0. The number of aromatic nitrogens is 2. The van der Waals surface area contributed by atoms with Crippen molar-refractivity contribution in [2.45, 2.75) is 0 Å². The van der Waals surface area contributed by atoms with E-state index in [1.54, 1.807) is 18.5 Å². The van der Waals surface area contributed by atoms with Crippen LogP contribution in [0.5, 0.6) is 0 Å². The molecule has 0 fully saturated rings. The Morgan fingerprint density at radius 3 is 2.71 bits per heavy atom. The van der Waals surface area contributed by atoms with E-state index < -0.39 is 0 Å². The highest BCUT2D eigenvalue weighted by atomic mass is 35.5. The lowest BCUT2D eigenvalue weighted by Crippen LogP contribution is -1.91. The molecule has 0 spiro atoms. The Morgan fingerprint density at radius 2 is 2.07 bits per heavy atom. The predicted molar refractivity (Wildman–Crippen MR) is 56.9 cm³/mol. The Labute approximate surface area is 86.6 Å². The minimum atomic E-state index is 0.325. The number of pyridine rings is 2. The highest BCUT2D eigenvalue weighted by molar-refractivity contribution is 6.31. The Bertz CT molecular complexity index is 442. The summed E-state index contributed by atoms with van der Waals surface area (Å²) in [7, 11) is 0. The Balaban J connectivity index is 2.48. The van der Waals surface area contributed by atoms with Crippen molar-refractivity contribution in [2.24, 2.45) is 0 Å². The lowest BCUT2D eigenvalue weighted by Gasteiger charge is -2.01. The molecule has 3 nitrogen and oxygen atoms in total. The van der Waals surface area contributed by atoms with Gasteiger partial charge in [0.05, 0.1) is 11.4 Å². The first-order valence-electron chi connectivity index (χ1n) is 4.10. The lowest BCUT2D eigenvalue weighted by atomic mass is 10.2. The molecule has 0 radical (unpaired) electrons. The van der Waals surface area contributed by atoms with Gasteiger partial charge in [0, 0.05) is 18.0 Å². The fraction of sp³-hybridized carbons (Fsp3) is 0. The standard InChI is InChI=1S/C10H8ClN3/c11-10-8(12)3-4-9(14-10)7-2-1-5-13-6-7/h1-6H,12H2. The van der Waals surface area contributed by atoms with Gasteiger partial charge in [-0.25, -0.2) is 4.98 Å². The average Bonchev–Trinajstić information content (AvgIpc) is 2.23. The first-order valence-corrected chi connectivity index (χ1v) is 4.47. The van der Waals surface area contributed by atoms with Gasteiger partial charge in [0.25, 0.3) is 0 Å². The summed E-state index contributed by atoms with van der Waals surface area (Å²) in [6.45, 7) is 0. The minimum Gasteiger partial charge on any atom is -0.396 e. The van der Waals surface area contributed by atoms with Crippen LogP contribution in [-0.4, -0.2) is 9.97 Å². The van der Waals surface area contributed by atoms with Gasteiger partial charge in [-0.2, -0.15) is 0 Å². The van der Waals surface area contributed by atoms with E-state index in [0.29, 0.717) is 10.8 Å². The van der Waals surface area contributed by atoms with E-state index in [1.807, 2.05) is 18.2 Å². The first kappa shape index (κ1) is 8.97. The third-order valence-corrected chi connectivity index (χ3v) is 2.14. The van der Waals surface area contributed by atoms with Crippen molar-refractivity contribution in [1.82, 2.24) is 9.97 Å². The maximum atomic E-state index is 5.81. The molecule has 14 heavy (non-hydrogen) atoms. The molecule has 0 saturated heterocycles. The zero-order chi connectivity index (χ0) is 9.97. The maximum Gasteiger partial charge on any atom is 0.152 e. The number of rotatable bonds is 1. The fourth-order valence-corrected chi connectivity index (χ4v) is 1.27. The van der Waals surface area contributed by atoms with Gasteiger partial charge in [-0.3, -0.25) is 4.98 Å². The van der Waals surface area contributed by atoms with Crippen molar-refractivity contribution >= 4 is 17.3 Å². The number of hydrogen-bond acceptors (Lipinski definition) is 3. The van der Waals surface area contributed by atoms with E-state index in [9.17, 15) is 0 Å². The molecule has 2 heterocycles. The van der Waals surface area contributed by atoms with E-state index in [1.165, 1.54) is 0 Å². The van der Waals surface area contributed by atoms with E-state index in [2.05, 4.69) is 9.97 Å². The molecule has 2 rings (SSSR count). The highest BCUT2D eigenvalue weighted by Gasteiger charge is 2.02. The highest BCUT2D eigenvalue weighted by Crippen LogP contribution is 2.21. The van der Waals surface area contributed by atoms with Crippen LogP contribution in [-0.2, 0) is 0 Å². The van der Waals surface area contributed by atoms with Crippen molar-refractivity contribution < 1.29 is 0 Å². The molecule has 2 N–H and O–H groups in total. The van der Waals surface area contributed by atoms with Crippen molar-refractivity contribution in [2.75, 3.05) is 5.73 Å². The van der Waals surface area contributed by atoms with Gasteiger partial charge in [-0.05, 0) is 24.3 Å². The third kappa shape index (κ3) is 1.67. The zero-order valence-electron chi connectivity index (χ0n) is 7.31. The van der Waals surface area contributed by atoms with Crippen LogP contribution < -0.4 is 5.73 Å². The van der Waals surface area contributed by atoms with Crippen LogP contribution >= 0.6 is 11.6 Å². The van der Waals surface area contributed by atoms with E-state index in [-0.39, 0.29) is 0 Å². The van der Waals surface area contributed by atoms with Crippen molar-refractivity contribution in [3.8, 4) is 11.3 Å². The molecule has 0 atom stereocenters. The van der Waals surface area contributed by atoms with E-state index in [4.69, 9.17) is 17.3 Å². The molecule has 0 aromatic carbocycles. The van der Waals surface area contributed by atoms with Gasteiger partial charge in [-0.1, -0.05) is 11.6 Å². The van der Waals surface area contributed by atoms with Crippen LogP contribution in [0.3, 0.4) is 0 Å². The monoisotopic (exact) mass is 205 g/mol. The van der Waals surface area contributed by atoms with Crippen LogP contribution in [0, 0.1) is 0 Å². The van der Waals surface area contributed by atoms with Gasteiger partial charge in [0.1, 0.15) is 0 Å². The molecule has 0 amide bonds. The molecule has 0 aliphatic heterocycles. The van der Waals surface area contributed by atoms with Crippen molar-refractivity contribution in [3.63, 3.8) is 0 Å². The van der Waals surface area contributed by atoms with Crippen LogP contribution in [0.1, 0.15) is 0 Å². The molecule has 70 valence electrons. The first-order chi connectivity index (χ1) is 6.77. The van der Waals surface area contributed by atoms with Crippen molar-refractivity contribution in [1.29, 1.82) is 0 Å². The zero-order valence-corrected chi connectivity index (χ0v) is 8.07. The number of halogens is 1. The Hall–Kier alpha value is -1.61. The average molecular weight is 206 g/mol. The number of nitrogens with zero attached hydrogens (tertiary/aromatic N) is 2. The molecule has 2 aromatic heterocycles. The molecule has 0 unspecified atom stereocenters. The molecule has 0 saturated carbocycles. The second-order valence-electron chi connectivity index (χ2n) is 2.82. The summed E-state index contributed by atoms with van der Waals surface area (Å²) in [6, 6.07) is 7.32. The van der Waals surface area contributed by atoms with Crippen LogP contribution in [0.15, 0.2) is 36.7 Å².